The van der Waals surface area contributed by atoms with Crippen molar-refractivity contribution in [1.82, 2.24) is 55.6 Å². The molecule has 0 spiro atoms. The van der Waals surface area contributed by atoms with Gasteiger partial charge in [0, 0.05) is 55.8 Å². The van der Waals surface area contributed by atoms with Gasteiger partial charge in [0.05, 0.1) is 24.2 Å². The molecule has 25 heteroatoms. The van der Waals surface area contributed by atoms with Gasteiger partial charge < -0.3 is 65.4 Å². The lowest BCUT2D eigenvalue weighted by Gasteiger charge is -2.41. The van der Waals surface area contributed by atoms with E-state index < -0.39 is 161 Å². The molecule has 11 amide bonds. The van der Waals surface area contributed by atoms with Crippen molar-refractivity contribution < 1.29 is 62.6 Å². The molecule has 1 aliphatic rings. The number of rotatable bonds is 18. The van der Waals surface area contributed by atoms with Gasteiger partial charge in [-0.2, -0.15) is 0 Å². The summed E-state index contributed by atoms with van der Waals surface area (Å²) in [7, 11) is 9.86. The van der Waals surface area contributed by atoms with Gasteiger partial charge in [-0.3, -0.25) is 52.7 Å². The number of allylic oxidation sites excluding steroid dienone is 2. The lowest BCUT2D eigenvalue weighted by molar-refractivity contribution is -0.157. The minimum Gasteiger partial charge on any atom is -0.390 e. The summed E-state index contributed by atoms with van der Waals surface area (Å²) in [4.78, 5) is 170. The zero-order chi connectivity index (χ0) is 69.0. The van der Waals surface area contributed by atoms with Crippen molar-refractivity contribution in [3.63, 3.8) is 0 Å². The molecule has 1 heterocycles. The molecule has 0 aromatic rings. The third-order valence-electron chi connectivity index (χ3n) is 16.6. The highest BCUT2D eigenvalue weighted by molar-refractivity contribution is 7.98. The zero-order valence-corrected chi connectivity index (χ0v) is 59.3. The molecule has 0 saturated carbocycles. The number of carbonyl (C=O) groups is 11. The Labute approximate surface area is 536 Å². The maximum Gasteiger partial charge on any atom is 0.246 e. The van der Waals surface area contributed by atoms with E-state index in [-0.39, 0.29) is 55.8 Å². The fourth-order valence-corrected chi connectivity index (χ4v) is 11.4. The maximum atomic E-state index is 15.2. The van der Waals surface area contributed by atoms with Gasteiger partial charge in [-0.15, -0.1) is 11.8 Å². The lowest BCUT2D eigenvalue weighted by atomic mass is 9.91. The lowest BCUT2D eigenvalue weighted by Crippen LogP contribution is -2.63. The molecule has 89 heavy (non-hydrogen) atoms. The maximum absolute atomic E-state index is 15.2. The second-order valence-corrected chi connectivity index (χ2v) is 27.8. The van der Waals surface area contributed by atoms with Crippen LogP contribution in [0.5, 0.6) is 0 Å². The summed E-state index contributed by atoms with van der Waals surface area (Å²) in [6.45, 7) is 29.0. The number of nitrogens with zero attached hydrogens (tertiary/aromatic N) is 7. The summed E-state index contributed by atoms with van der Waals surface area (Å²) in [5, 5.41) is 23.1. The van der Waals surface area contributed by atoms with E-state index in [1.165, 1.54) is 99.4 Å². The van der Waals surface area contributed by atoms with Gasteiger partial charge in [-0.1, -0.05) is 95.2 Å². The number of thioether (sulfide) groups is 1. The van der Waals surface area contributed by atoms with E-state index in [1.807, 2.05) is 47.8 Å². The molecule has 0 aromatic heterocycles. The van der Waals surface area contributed by atoms with Crippen molar-refractivity contribution in [3.05, 3.63) is 12.2 Å². The van der Waals surface area contributed by atoms with Crippen molar-refractivity contribution in [2.75, 3.05) is 68.1 Å². The SMILES string of the molecule is CC=CC[C@@H](C)[C@@H](O)[C@H]1C(=O)N[C@@H](CC)C(=O)N(C)CC(=O)N(C)[C@@H](CC(C)(C)OCSC)C(=O)N[C@@H](C(C)C)C(=O)N(C)[C@@H](CC(C)C)C(=O)N[C@@H](C)C(=O)N[C@H](C)C(=O)N(C)[C@@H](CC(C)C)C(=O)N(C)[C@@H](CC(C)C)C(=O)N(C)[C@@H](C(C)C)C(=O)N1C. The predicted molar refractivity (Wildman–Crippen MR) is 347 cm³/mol. The summed E-state index contributed by atoms with van der Waals surface area (Å²) >= 11 is 1.40. The molecule has 1 saturated heterocycles. The third kappa shape index (κ3) is 23.4. The Kier molecular flexibility index (Phi) is 33.6. The summed E-state index contributed by atoms with van der Waals surface area (Å²) in [6, 6.07) is -12.7. The molecule has 0 bridgehead atoms. The van der Waals surface area contributed by atoms with Crippen LogP contribution in [0, 0.1) is 35.5 Å². The van der Waals surface area contributed by atoms with E-state index in [2.05, 4.69) is 21.3 Å². The highest BCUT2D eigenvalue weighted by atomic mass is 32.2. The first-order valence-electron chi connectivity index (χ1n) is 31.5. The second-order valence-electron chi connectivity index (χ2n) is 27.0. The first-order valence-corrected chi connectivity index (χ1v) is 32.9. The van der Waals surface area contributed by atoms with E-state index >= 15 is 9.59 Å². The number of aliphatic hydroxyl groups is 1. The third-order valence-corrected chi connectivity index (χ3v) is 17.0. The van der Waals surface area contributed by atoms with E-state index in [9.17, 15) is 48.3 Å². The number of aliphatic hydroxyl groups excluding tert-OH is 1. The molecule has 12 atom stereocenters. The average molecular weight is 1280 g/mol. The minimum atomic E-state index is -1.63. The predicted octanol–water partition coefficient (Wildman–Crippen LogP) is 3.73. The monoisotopic (exact) mass is 1280 g/mol. The van der Waals surface area contributed by atoms with E-state index in [0.717, 1.165) is 9.80 Å². The van der Waals surface area contributed by atoms with Crippen LogP contribution in [0.1, 0.15) is 156 Å². The first-order chi connectivity index (χ1) is 41.1. The molecule has 510 valence electrons. The number of ether oxygens (including phenoxy) is 1. The summed E-state index contributed by atoms with van der Waals surface area (Å²) in [5.74, 6) is -9.67. The Morgan fingerprint density at radius 1 is 0.551 bits per heavy atom. The summed E-state index contributed by atoms with van der Waals surface area (Å²) < 4.78 is 6.11. The van der Waals surface area contributed by atoms with E-state index in [4.69, 9.17) is 4.74 Å². The van der Waals surface area contributed by atoms with Gasteiger partial charge in [0.1, 0.15) is 60.4 Å². The normalized spacial score (nSPS) is 26.4. The average Bonchev–Trinajstić information content (AvgIpc) is 3.31. The number of nitrogens with one attached hydrogen (secondary N) is 4. The second kappa shape index (κ2) is 36.9. The van der Waals surface area contributed by atoms with Crippen molar-refractivity contribution >= 4 is 76.7 Å². The largest absolute Gasteiger partial charge is 0.390 e. The molecule has 24 nitrogen and oxygen atoms in total. The fourth-order valence-electron chi connectivity index (χ4n) is 10.9. The number of carbonyl (C=O) groups excluding carboxylic acids is 11. The van der Waals surface area contributed by atoms with Gasteiger partial charge in [-0.25, -0.2) is 0 Å². The van der Waals surface area contributed by atoms with Crippen LogP contribution in [0.15, 0.2) is 12.2 Å². The van der Waals surface area contributed by atoms with Gasteiger partial charge in [-0.05, 0) is 108 Å². The van der Waals surface area contributed by atoms with Crippen LogP contribution in [-0.2, 0) is 57.5 Å². The number of hydrogen-bond donors (Lipinski definition) is 5. The topological polar surface area (TPSA) is 288 Å². The van der Waals surface area contributed by atoms with Crippen LogP contribution in [0.3, 0.4) is 0 Å². The summed E-state index contributed by atoms with van der Waals surface area (Å²) in [5.41, 5.74) is -1.02. The van der Waals surface area contributed by atoms with Crippen molar-refractivity contribution in [3.8, 4) is 0 Å². The van der Waals surface area contributed by atoms with Gasteiger partial charge in [0.25, 0.3) is 0 Å². The minimum absolute atomic E-state index is 0.00265. The van der Waals surface area contributed by atoms with Gasteiger partial charge in [0.2, 0.25) is 65.0 Å². The fraction of sp³-hybridized carbons (Fsp3) is 0.797. The van der Waals surface area contributed by atoms with Gasteiger partial charge >= 0.3 is 0 Å². The van der Waals surface area contributed by atoms with Crippen LogP contribution in [0.25, 0.3) is 0 Å². The number of amides is 11. The molecule has 0 aromatic carbocycles. The quantitative estimate of drug-likeness (QED) is 0.0966. The molecule has 0 radical (unpaired) electrons. The Morgan fingerprint density at radius 3 is 1.48 bits per heavy atom. The van der Waals surface area contributed by atoms with Crippen LogP contribution < -0.4 is 21.3 Å². The van der Waals surface area contributed by atoms with Crippen molar-refractivity contribution in [2.45, 2.75) is 228 Å². The Morgan fingerprint density at radius 2 is 1.01 bits per heavy atom. The molecule has 0 unspecified atom stereocenters. The number of likely N-dealkylation sites (N-methyl/N-ethyl adjacent to an activating group) is 7. The summed E-state index contributed by atoms with van der Waals surface area (Å²) in [6.07, 6.45) is 4.57. The van der Waals surface area contributed by atoms with Crippen LogP contribution in [0.4, 0.5) is 0 Å². The van der Waals surface area contributed by atoms with Crippen molar-refractivity contribution in [2.24, 2.45) is 35.5 Å². The van der Waals surface area contributed by atoms with E-state index in [0.29, 0.717) is 6.42 Å². The standard InChI is InChI=1S/C64H115N11O13S/c1-26-28-29-41(13)53(77)52-57(81)67-44(27-2)59(83)69(18)34-49(76)70(19)48(33-64(16,17)88-35-89-25)56(80)68-50(39(9)10)62(86)71(20)45(30-36(3)4)55(79)65-42(14)54(78)66-43(15)58(82)72(21)46(31-37(5)6)60(84)73(22)47(32-38(7)8)61(85)74(23)51(40(11)12)63(87)75(52)24/h26,28,36-48,50-53,77H,27,29-35H2,1-25H3,(H,65,79)(H,66,78)(H,67,81)(H,68,80)/t41-,42+,43-,44+,45+,46+,47+,48+,50+,51+,52+,53-/m1/s1. The van der Waals surface area contributed by atoms with Crippen LogP contribution >= 0.6 is 11.8 Å². The zero-order valence-electron chi connectivity index (χ0n) is 58.5. The Balaban J connectivity index is 4.40. The van der Waals surface area contributed by atoms with Crippen LogP contribution in [0.2, 0.25) is 0 Å². The molecule has 1 rings (SSSR count). The molecule has 5 N–H and O–H groups in total. The highest BCUT2D eigenvalue weighted by Gasteiger charge is 2.46. The highest BCUT2D eigenvalue weighted by Crippen LogP contribution is 2.27. The first kappa shape index (κ1) is 81.2. The molecule has 1 fully saturated rings. The Hall–Kier alpha value is -5.82. The smallest absolute Gasteiger partial charge is 0.246 e. The Bertz CT molecular complexity index is 2440. The molecule has 1 aliphatic heterocycles. The molecular formula is C64H115N11O13S. The van der Waals surface area contributed by atoms with Crippen LogP contribution in [-0.4, -0.2) is 245 Å². The van der Waals surface area contributed by atoms with Crippen molar-refractivity contribution in [1.29, 1.82) is 0 Å². The molecular weight excluding hydrogens is 1160 g/mol. The van der Waals surface area contributed by atoms with Gasteiger partial charge in [0.15, 0.2) is 0 Å². The molecule has 0 aliphatic carbocycles. The number of hydrogen-bond acceptors (Lipinski definition) is 14. The van der Waals surface area contributed by atoms with E-state index in [1.54, 1.807) is 74.5 Å².